The molecule has 2 aliphatic rings. The van der Waals surface area contributed by atoms with Crippen LogP contribution in [0.5, 0.6) is 0 Å². The third-order valence-corrected chi connectivity index (χ3v) is 12.2. The van der Waals surface area contributed by atoms with Crippen molar-refractivity contribution in [2.24, 2.45) is 0 Å². The van der Waals surface area contributed by atoms with Gasteiger partial charge in [0.05, 0.1) is 34.2 Å². The molecule has 69 heavy (non-hydrogen) atoms. The van der Waals surface area contributed by atoms with Crippen molar-refractivity contribution in [3.8, 4) is 0 Å². The van der Waals surface area contributed by atoms with Gasteiger partial charge < -0.3 is 20.6 Å². The van der Waals surface area contributed by atoms with E-state index in [4.69, 9.17) is 28.3 Å². The van der Waals surface area contributed by atoms with Crippen molar-refractivity contribution in [1.82, 2.24) is 35.1 Å². The fourth-order valence-electron chi connectivity index (χ4n) is 6.96. The van der Waals surface area contributed by atoms with Gasteiger partial charge in [-0.1, -0.05) is 94.2 Å². The lowest BCUT2D eigenvalue weighted by Crippen LogP contribution is -2.43. The zero-order valence-corrected chi connectivity index (χ0v) is 40.9. The van der Waals surface area contributed by atoms with Crippen molar-refractivity contribution in [1.29, 1.82) is 0 Å². The molecule has 0 aliphatic heterocycles. The molecule has 0 saturated heterocycles. The molecule has 8 rings (SSSR count). The zero-order chi connectivity index (χ0) is 48.5. The highest BCUT2D eigenvalue weighted by molar-refractivity contribution is 9.10. The van der Waals surface area contributed by atoms with E-state index < -0.39 is 23.5 Å². The second kappa shape index (κ2) is 25.5. The standard InChI is InChI=1S/C23H21BrClFN4O3.C13H15ClFNO.C11H9BrN2O3.2CH4/c1-13(31)23-17-9-15(24)5-8-19(17)30(28-23)12-21(33)29(16-6-7-16)11-20(32)27-10-14-3-2-4-18(25)22(14)26;14-12-3-1-2-9(13(12)15)4-7-11(17)8-16-10-5-6-10;1-6(15)11-8-4-7(12)2-3-9(8)14(13-11)5-10(16)17;;/h2-5,8-9,16H,6-7,10-12H2,1H3,(H,27,32);1-3,10,16H,4-8H2;2-4H,5H2,1H3,(H,16,17);2*1H4. The number of carboxylic acids is 1. The predicted octanol–water partition coefficient (Wildman–Crippen LogP) is 10.2. The topological polar surface area (TPSA) is 186 Å². The second-order valence-corrected chi connectivity index (χ2v) is 18.6. The fourth-order valence-corrected chi connectivity index (χ4v) is 8.07. The molecule has 2 aromatic heterocycles. The lowest BCUT2D eigenvalue weighted by Gasteiger charge is -2.22. The molecular weight excluding hydrogens is 1070 g/mol. The number of hydrogen-bond acceptors (Lipinski definition) is 9. The summed E-state index contributed by atoms with van der Waals surface area (Å²) in [6, 6.07) is 20.7. The number of carbonyl (C=O) groups is 6. The maximum absolute atomic E-state index is 14.1. The average Bonchev–Trinajstić information content (AvgIpc) is 4.22. The number of rotatable bonds is 17. The molecule has 6 aromatic rings. The van der Waals surface area contributed by atoms with Gasteiger partial charge in [0.2, 0.25) is 11.8 Å². The Morgan fingerprint density at radius 2 is 1.26 bits per heavy atom. The van der Waals surface area contributed by atoms with Crippen LogP contribution in [0.1, 0.15) is 92.9 Å². The van der Waals surface area contributed by atoms with Crippen LogP contribution in [0.3, 0.4) is 0 Å². The molecule has 0 bridgehead atoms. The minimum absolute atomic E-state index is 0. The van der Waals surface area contributed by atoms with E-state index in [1.165, 1.54) is 40.2 Å². The van der Waals surface area contributed by atoms with Gasteiger partial charge in [0.15, 0.2) is 11.6 Å². The van der Waals surface area contributed by atoms with Crippen LogP contribution in [0, 0.1) is 11.6 Å². The molecule has 0 atom stereocenters. The highest BCUT2D eigenvalue weighted by Crippen LogP contribution is 2.29. The number of ketones is 3. The Morgan fingerprint density at radius 3 is 1.75 bits per heavy atom. The van der Waals surface area contributed by atoms with E-state index in [2.05, 4.69) is 52.7 Å². The van der Waals surface area contributed by atoms with Crippen LogP contribution in [-0.2, 0) is 45.2 Å². The lowest BCUT2D eigenvalue weighted by molar-refractivity contribution is -0.138. The molecule has 14 nitrogen and oxygen atoms in total. The van der Waals surface area contributed by atoms with Gasteiger partial charge in [-0.25, -0.2) is 8.78 Å². The van der Waals surface area contributed by atoms with Crippen molar-refractivity contribution in [3.63, 3.8) is 0 Å². The largest absolute Gasteiger partial charge is 0.480 e. The lowest BCUT2D eigenvalue weighted by atomic mass is 10.1. The van der Waals surface area contributed by atoms with Crippen molar-refractivity contribution in [3.05, 3.63) is 126 Å². The third kappa shape index (κ3) is 15.5. The molecular formula is C49H53Br2Cl2F2N7O7. The summed E-state index contributed by atoms with van der Waals surface area (Å²) in [4.78, 5) is 72.8. The Bertz CT molecular complexity index is 2870. The van der Waals surface area contributed by atoms with Crippen molar-refractivity contribution in [2.75, 3.05) is 13.1 Å². The Morgan fingerprint density at radius 1 is 0.754 bits per heavy atom. The van der Waals surface area contributed by atoms with Crippen LogP contribution in [0.15, 0.2) is 81.7 Å². The zero-order valence-electron chi connectivity index (χ0n) is 36.3. The fraction of sp³-hybridized carbons (Fsp3) is 0.347. The molecule has 0 radical (unpaired) electrons. The number of hydrogen-bond donors (Lipinski definition) is 3. The first-order chi connectivity index (χ1) is 31.9. The normalized spacial score (nSPS) is 12.6. The van der Waals surface area contributed by atoms with E-state index in [1.54, 1.807) is 54.6 Å². The van der Waals surface area contributed by atoms with E-state index in [0.29, 0.717) is 64.2 Å². The number of aryl methyl sites for hydroxylation is 1. The van der Waals surface area contributed by atoms with Crippen LogP contribution >= 0.6 is 55.1 Å². The third-order valence-electron chi connectivity index (χ3n) is 10.7. The molecule has 2 saturated carbocycles. The van der Waals surface area contributed by atoms with E-state index in [0.717, 1.165) is 34.6 Å². The number of benzene rings is 4. The van der Waals surface area contributed by atoms with E-state index in [-0.39, 0.29) is 85.9 Å². The Labute approximate surface area is 425 Å². The molecule has 2 heterocycles. The number of nitrogens with one attached hydrogen (secondary N) is 2. The van der Waals surface area contributed by atoms with Crippen LogP contribution in [0.4, 0.5) is 8.78 Å². The van der Waals surface area contributed by atoms with Gasteiger partial charge in [-0.2, -0.15) is 10.2 Å². The van der Waals surface area contributed by atoms with Gasteiger partial charge in [0.1, 0.15) is 41.9 Å². The maximum atomic E-state index is 14.1. The van der Waals surface area contributed by atoms with E-state index in [9.17, 15) is 37.5 Å². The van der Waals surface area contributed by atoms with Crippen molar-refractivity contribution < 1.29 is 42.7 Å². The molecule has 20 heteroatoms. The van der Waals surface area contributed by atoms with Crippen LogP contribution < -0.4 is 10.6 Å². The molecule has 4 aromatic carbocycles. The number of carbonyl (C=O) groups excluding carboxylic acids is 5. The number of fused-ring (bicyclic) bond motifs is 2. The summed E-state index contributed by atoms with van der Waals surface area (Å²) in [6.45, 7) is 2.71. The highest BCUT2D eigenvalue weighted by atomic mass is 79.9. The molecule has 0 unspecified atom stereocenters. The average molecular weight is 1120 g/mol. The molecule has 0 spiro atoms. The van der Waals surface area contributed by atoms with Gasteiger partial charge >= 0.3 is 5.97 Å². The van der Waals surface area contributed by atoms with Crippen LogP contribution in [-0.4, -0.2) is 89.9 Å². The Balaban J connectivity index is 0.000000244. The van der Waals surface area contributed by atoms with Crippen LogP contribution in [0.2, 0.25) is 10.0 Å². The Hall–Kier alpha value is -5.40. The Kier molecular flexibility index (Phi) is 20.7. The SMILES string of the molecule is C.C.CC(=O)c1nn(CC(=O)N(CC(=O)NCc2cccc(Cl)c2F)C2CC2)c2ccc(Br)cc12.CC(=O)c1nn(CC(=O)O)c2ccc(Br)cc12.O=C(CCc1cccc(Cl)c1F)CNC1CC1. The number of Topliss-reactive ketones (excluding diaryl/α,β-unsaturated/α-hetero) is 3. The van der Waals surface area contributed by atoms with Gasteiger partial charge in [-0.15, -0.1) is 0 Å². The van der Waals surface area contributed by atoms with Crippen molar-refractivity contribution in [2.45, 2.75) is 98.9 Å². The molecule has 3 N–H and O–H groups in total. The van der Waals surface area contributed by atoms with E-state index in [1.807, 2.05) is 6.07 Å². The van der Waals surface area contributed by atoms with Gasteiger partial charge in [0, 0.05) is 64.2 Å². The van der Waals surface area contributed by atoms with Gasteiger partial charge in [-0.05, 0) is 86.2 Å². The number of aliphatic carboxylic acids is 1. The van der Waals surface area contributed by atoms with Crippen molar-refractivity contribution >= 4 is 112 Å². The highest BCUT2D eigenvalue weighted by Gasteiger charge is 2.34. The number of amides is 2. The van der Waals surface area contributed by atoms with Crippen LogP contribution in [0.25, 0.3) is 21.8 Å². The quantitative estimate of drug-likeness (QED) is 0.0743. The summed E-state index contributed by atoms with van der Waals surface area (Å²) in [5.41, 5.74) is 2.67. The molecule has 2 amide bonds. The minimum atomic E-state index is -0.993. The van der Waals surface area contributed by atoms with E-state index >= 15 is 0 Å². The number of aromatic nitrogens is 4. The summed E-state index contributed by atoms with van der Waals surface area (Å²) in [6.07, 6.45) is 4.72. The molecule has 2 fully saturated rings. The number of halogens is 6. The summed E-state index contributed by atoms with van der Waals surface area (Å²) in [5, 5.41) is 24.4. The predicted molar refractivity (Wildman–Crippen MR) is 270 cm³/mol. The minimum Gasteiger partial charge on any atom is -0.480 e. The summed E-state index contributed by atoms with van der Waals surface area (Å²) in [5.74, 6) is -2.90. The molecule has 368 valence electrons. The first kappa shape index (κ1) is 56.2. The summed E-state index contributed by atoms with van der Waals surface area (Å²) >= 11 is 18.2. The second-order valence-electron chi connectivity index (χ2n) is 16.0. The maximum Gasteiger partial charge on any atom is 0.325 e. The number of carboxylic acid groups (broad SMARTS) is 1. The summed E-state index contributed by atoms with van der Waals surface area (Å²) in [7, 11) is 0. The smallest absolute Gasteiger partial charge is 0.325 e. The monoisotopic (exact) mass is 1120 g/mol. The van der Waals surface area contributed by atoms with Gasteiger partial charge in [-0.3, -0.25) is 38.1 Å². The molecule has 2 aliphatic carbocycles. The van der Waals surface area contributed by atoms with Gasteiger partial charge in [0.25, 0.3) is 0 Å². The first-order valence-corrected chi connectivity index (χ1v) is 23.5. The summed E-state index contributed by atoms with van der Waals surface area (Å²) < 4.78 is 32.0. The number of nitrogens with zero attached hydrogens (tertiary/aromatic N) is 5. The first-order valence-electron chi connectivity index (χ1n) is 21.1.